The average Bonchev–Trinajstić information content (AvgIpc) is 1.82. The van der Waals surface area contributed by atoms with Crippen LogP contribution in [0.1, 0.15) is 15.7 Å². The van der Waals surface area contributed by atoms with Crippen molar-refractivity contribution in [3.63, 3.8) is 0 Å². The summed E-state index contributed by atoms with van der Waals surface area (Å²) < 4.78 is 0. The van der Waals surface area contributed by atoms with Gasteiger partial charge in [0.25, 0.3) is 0 Å². The summed E-state index contributed by atoms with van der Waals surface area (Å²) in [6, 6.07) is 0. The predicted octanol–water partition coefficient (Wildman–Crippen LogP) is -7.02. The molecule has 0 bridgehead atoms. The maximum Gasteiger partial charge on any atom is 1.00 e. The van der Waals surface area contributed by atoms with Crippen LogP contribution in [0.3, 0.4) is 0 Å². The molecule has 0 aliphatic carbocycles. The number of aliphatic carboxylic acids is 3. The normalized spacial score (nSPS) is 8.81. The molecule has 0 saturated carbocycles. The van der Waals surface area contributed by atoms with Crippen LogP contribution < -0.4 is 80.9 Å². The second-order valence-corrected chi connectivity index (χ2v) is 2.48. The van der Waals surface area contributed by atoms with Crippen molar-refractivity contribution in [2.75, 3.05) is 0 Å². The van der Waals surface area contributed by atoms with Crippen molar-refractivity contribution in [2.45, 2.75) is 18.4 Å². The van der Waals surface area contributed by atoms with E-state index in [2.05, 4.69) is 0 Å². The molecule has 0 spiro atoms. The van der Waals surface area contributed by atoms with Crippen LogP contribution in [0.25, 0.3) is 0 Å². The third-order valence-corrected chi connectivity index (χ3v) is 1.29. The van der Waals surface area contributed by atoms with Gasteiger partial charge >= 0.3 is 98.8 Å². The molecule has 0 radical (unpaired) electrons. The minimum absolute atomic E-state index is 0. The first-order chi connectivity index (χ1) is 5.78. The fraction of sp³-hybridized carbons (Fsp3) is 0.500. The molecule has 0 saturated heterocycles. The third-order valence-electron chi connectivity index (χ3n) is 1.29. The van der Waals surface area contributed by atoms with Crippen LogP contribution in [-0.2, 0) is 31.5 Å². The van der Waals surface area contributed by atoms with Gasteiger partial charge in [0.05, 0.1) is 12.8 Å². The van der Waals surface area contributed by atoms with E-state index >= 15 is 0 Å². The molecule has 0 aliphatic rings. The maximum absolute atomic E-state index is 10.3. The molecule has 16 heavy (non-hydrogen) atoms. The molecule has 0 aromatic carbocycles. The summed E-state index contributed by atoms with van der Waals surface area (Å²) in [5.41, 5.74) is -2.74. The number of rotatable bonds is 5. The Morgan fingerprint density at radius 2 is 1.25 bits per heavy atom. The first-order valence-electron chi connectivity index (χ1n) is 3.17. The first-order valence-corrected chi connectivity index (χ1v) is 3.17. The van der Waals surface area contributed by atoms with Gasteiger partial charge in [-0.3, -0.25) is 9.59 Å². The van der Waals surface area contributed by atoms with E-state index in [0.29, 0.717) is 0 Å². The summed E-state index contributed by atoms with van der Waals surface area (Å²) in [7, 11) is 0. The van der Waals surface area contributed by atoms with Gasteiger partial charge in [0.15, 0.2) is 5.60 Å². The van der Waals surface area contributed by atoms with Crippen LogP contribution in [0.15, 0.2) is 0 Å². The Balaban J connectivity index is -0.0000000720. The van der Waals surface area contributed by atoms with Crippen molar-refractivity contribution in [1.82, 2.24) is 0 Å². The van der Waals surface area contributed by atoms with Crippen molar-refractivity contribution in [1.29, 1.82) is 0 Å². The summed E-state index contributed by atoms with van der Waals surface area (Å²) >= 11 is 0. The van der Waals surface area contributed by atoms with Crippen molar-refractivity contribution in [3.05, 3.63) is 0 Å². The molecule has 0 atom stereocenters. The smallest absolute Gasteiger partial charge is 1.00 e. The average molecular weight is 312 g/mol. The van der Waals surface area contributed by atoms with Gasteiger partial charge in [-0.1, -0.05) is 0 Å². The quantitative estimate of drug-likeness (QED) is 0.371. The standard InChI is InChI=1S/C6H8O7.Fe.K.Na.2H/c7-3(8)1-6(13,5(11)12)2-4(9)10;;;;;/h13H,1-2H2,(H,7,8)(H,9,10)(H,11,12);;;;;/q;;2*+1;2*-1. The molecule has 7 nitrogen and oxygen atoms in total. The van der Waals surface area contributed by atoms with Gasteiger partial charge in [-0.05, 0) is 0 Å². The zero-order valence-electron chi connectivity index (χ0n) is 10.8. The van der Waals surface area contributed by atoms with E-state index in [4.69, 9.17) is 20.4 Å². The summed E-state index contributed by atoms with van der Waals surface area (Å²) in [6.07, 6.45) is -2.29. The molecule has 4 N–H and O–H groups in total. The molecule has 0 heterocycles. The molecule has 0 aromatic heterocycles. The van der Waals surface area contributed by atoms with Gasteiger partial charge in [-0.2, -0.15) is 0 Å². The van der Waals surface area contributed by atoms with Gasteiger partial charge < -0.3 is 23.3 Å². The zero-order chi connectivity index (χ0) is 10.6. The fourth-order valence-corrected chi connectivity index (χ4v) is 0.714. The molecule has 0 aromatic rings. The number of carboxylic acid groups (broad SMARTS) is 3. The molecule has 0 aliphatic heterocycles. The van der Waals surface area contributed by atoms with Crippen molar-refractivity contribution < 1.29 is 136 Å². The minimum atomic E-state index is -2.74. The molecule has 0 amide bonds. The van der Waals surface area contributed by atoms with E-state index in [9.17, 15) is 14.4 Å². The third kappa shape index (κ3) is 10.7. The number of carbonyl (C=O) groups is 3. The minimum Gasteiger partial charge on any atom is -1.00 e. The Morgan fingerprint density at radius 1 is 1.00 bits per heavy atom. The van der Waals surface area contributed by atoms with Crippen LogP contribution in [0.5, 0.6) is 0 Å². The zero-order valence-corrected chi connectivity index (χ0v) is 15.0. The largest absolute Gasteiger partial charge is 1.00 e. The van der Waals surface area contributed by atoms with E-state index in [0.717, 1.165) is 0 Å². The van der Waals surface area contributed by atoms with Crippen LogP contribution in [0.4, 0.5) is 0 Å². The molecule has 0 unspecified atom stereocenters. The molecular formula is C6H10FeKNaO7. The second-order valence-electron chi connectivity index (χ2n) is 2.48. The first kappa shape index (κ1) is 26.2. The van der Waals surface area contributed by atoms with E-state index < -0.39 is 36.4 Å². The SMILES string of the molecule is O=C(O)CC(O)(CC(=O)O)C(=O)O.[Fe].[H-].[H-].[K+].[Na+]. The number of hydrogen-bond acceptors (Lipinski definition) is 4. The van der Waals surface area contributed by atoms with Crippen LogP contribution in [0.2, 0.25) is 0 Å². The molecule has 0 rings (SSSR count). The Bertz CT molecular complexity index is 252. The van der Waals surface area contributed by atoms with Gasteiger partial charge in [0.1, 0.15) is 0 Å². The van der Waals surface area contributed by atoms with E-state index in [1.54, 1.807) is 0 Å². The monoisotopic (exact) mass is 312 g/mol. The van der Waals surface area contributed by atoms with Crippen LogP contribution >= 0.6 is 0 Å². The van der Waals surface area contributed by atoms with Gasteiger partial charge in [-0.25, -0.2) is 4.79 Å². The molecule has 0 fully saturated rings. The summed E-state index contributed by atoms with van der Waals surface area (Å²) in [5, 5.41) is 33.8. The van der Waals surface area contributed by atoms with Crippen LogP contribution in [-0.4, -0.2) is 43.9 Å². The van der Waals surface area contributed by atoms with E-state index in [1.165, 1.54) is 0 Å². The number of carboxylic acids is 3. The summed E-state index contributed by atoms with van der Waals surface area (Å²) in [6.45, 7) is 0. The van der Waals surface area contributed by atoms with Gasteiger partial charge in [0, 0.05) is 17.1 Å². The number of hydrogen-bond donors (Lipinski definition) is 4. The van der Waals surface area contributed by atoms with Crippen molar-refractivity contribution in [2.24, 2.45) is 0 Å². The summed E-state index contributed by atoms with van der Waals surface area (Å²) in [5.74, 6) is -5.02. The Morgan fingerprint density at radius 3 is 1.38 bits per heavy atom. The van der Waals surface area contributed by atoms with Crippen LogP contribution in [0, 0.1) is 0 Å². The number of aliphatic hydroxyl groups is 1. The molecule has 10 heteroatoms. The summed E-state index contributed by atoms with van der Waals surface area (Å²) in [4.78, 5) is 30.5. The molecular weight excluding hydrogens is 302 g/mol. The van der Waals surface area contributed by atoms with Gasteiger partial charge in [-0.15, -0.1) is 0 Å². The van der Waals surface area contributed by atoms with Crippen molar-refractivity contribution >= 4 is 17.9 Å². The maximum atomic E-state index is 10.3. The Labute approximate surface area is 169 Å². The van der Waals surface area contributed by atoms with Gasteiger partial charge in [0.2, 0.25) is 0 Å². The second kappa shape index (κ2) is 11.6. The van der Waals surface area contributed by atoms with Crippen molar-refractivity contribution in [3.8, 4) is 0 Å². The Hall–Kier alpha value is 1.53. The van der Waals surface area contributed by atoms with E-state index in [-0.39, 0.29) is 101 Å². The fourth-order valence-electron chi connectivity index (χ4n) is 0.714. The topological polar surface area (TPSA) is 132 Å². The molecule has 86 valence electrons. The predicted molar refractivity (Wildman–Crippen MR) is 39.3 cm³/mol. The Kier molecular flexibility index (Phi) is 19.0. The van der Waals surface area contributed by atoms with E-state index in [1.807, 2.05) is 0 Å².